The molecule has 4 rings (SSSR count). The van der Waals surface area contributed by atoms with E-state index >= 15 is 0 Å². The molecule has 0 amide bonds. The molecule has 4 nitrogen and oxygen atoms in total. The minimum atomic E-state index is -0.134. The summed E-state index contributed by atoms with van der Waals surface area (Å²) in [6.45, 7) is 7.74. The minimum absolute atomic E-state index is 0.00846. The molecule has 2 aliphatic rings. The monoisotopic (exact) mass is 556 g/mol. The van der Waals surface area contributed by atoms with Crippen molar-refractivity contribution in [3.8, 4) is 11.1 Å². The van der Waals surface area contributed by atoms with Gasteiger partial charge in [0.05, 0.1) is 6.42 Å². The lowest BCUT2D eigenvalue weighted by atomic mass is 9.70. The first-order valence-electron chi connectivity index (χ1n) is 16.0. The van der Waals surface area contributed by atoms with Gasteiger partial charge in [0.25, 0.3) is 0 Å². The molecule has 0 aliphatic heterocycles. The SMILES string of the molecule is CCCC(CC1CC(=O)c2c(C)c(CCC(=O)C3CCCC3)cc(-c3ccccc3)c2C1)C(CC)C(=O)CC(C)=O. The van der Waals surface area contributed by atoms with Crippen molar-refractivity contribution in [2.75, 3.05) is 0 Å². The van der Waals surface area contributed by atoms with Crippen molar-refractivity contribution in [1.29, 1.82) is 0 Å². The number of Topliss-reactive ketones (excluding diaryl/α,β-unsaturated/α-hetero) is 4. The minimum Gasteiger partial charge on any atom is -0.300 e. The summed E-state index contributed by atoms with van der Waals surface area (Å²) in [5.74, 6) is 0.973. The van der Waals surface area contributed by atoms with Crippen molar-refractivity contribution in [3.63, 3.8) is 0 Å². The molecule has 2 aliphatic carbocycles. The van der Waals surface area contributed by atoms with E-state index in [1.807, 2.05) is 25.1 Å². The maximum Gasteiger partial charge on any atom is 0.163 e. The Bertz CT molecular complexity index is 1250. The predicted molar refractivity (Wildman–Crippen MR) is 165 cm³/mol. The van der Waals surface area contributed by atoms with Crippen molar-refractivity contribution < 1.29 is 19.2 Å². The second-order valence-corrected chi connectivity index (χ2v) is 12.7. The van der Waals surface area contributed by atoms with Gasteiger partial charge in [-0.05, 0) is 92.0 Å². The third-order valence-electron chi connectivity index (χ3n) is 9.73. The van der Waals surface area contributed by atoms with E-state index in [0.29, 0.717) is 25.0 Å². The Hall–Kier alpha value is -2.88. The van der Waals surface area contributed by atoms with Gasteiger partial charge in [0, 0.05) is 30.2 Å². The van der Waals surface area contributed by atoms with Gasteiger partial charge >= 0.3 is 0 Å². The Morgan fingerprint density at radius 3 is 2.34 bits per heavy atom. The van der Waals surface area contributed by atoms with Gasteiger partial charge in [-0.2, -0.15) is 0 Å². The van der Waals surface area contributed by atoms with Crippen molar-refractivity contribution >= 4 is 23.1 Å². The summed E-state index contributed by atoms with van der Waals surface area (Å²) in [5, 5.41) is 0. The molecule has 2 aromatic carbocycles. The number of hydrogen-bond acceptors (Lipinski definition) is 4. The van der Waals surface area contributed by atoms with Crippen LogP contribution in [-0.2, 0) is 27.2 Å². The van der Waals surface area contributed by atoms with E-state index in [1.54, 1.807) is 0 Å². The van der Waals surface area contributed by atoms with Crippen LogP contribution in [0.5, 0.6) is 0 Å². The lowest BCUT2D eigenvalue weighted by Gasteiger charge is -2.33. The first-order chi connectivity index (χ1) is 19.7. The number of benzene rings is 2. The average molecular weight is 557 g/mol. The van der Waals surface area contributed by atoms with Gasteiger partial charge in [0.2, 0.25) is 0 Å². The van der Waals surface area contributed by atoms with Crippen LogP contribution >= 0.6 is 0 Å². The van der Waals surface area contributed by atoms with Crippen molar-refractivity contribution in [3.05, 3.63) is 58.7 Å². The second-order valence-electron chi connectivity index (χ2n) is 12.7. The smallest absolute Gasteiger partial charge is 0.163 e. The number of aryl methyl sites for hydroxylation is 1. The summed E-state index contributed by atoms with van der Waals surface area (Å²) in [6, 6.07) is 12.6. The van der Waals surface area contributed by atoms with Gasteiger partial charge in [0.1, 0.15) is 17.3 Å². The number of ketones is 4. The van der Waals surface area contributed by atoms with Crippen LogP contribution in [0, 0.1) is 30.6 Å². The maximum atomic E-state index is 13.9. The highest BCUT2D eigenvalue weighted by molar-refractivity contribution is 6.02. The summed E-state index contributed by atoms with van der Waals surface area (Å²) in [4.78, 5) is 51.5. The number of fused-ring (bicyclic) bond motifs is 1. The average Bonchev–Trinajstić information content (AvgIpc) is 3.48. The van der Waals surface area contributed by atoms with E-state index in [-0.39, 0.29) is 47.4 Å². The molecule has 1 saturated carbocycles. The molecule has 3 atom stereocenters. The largest absolute Gasteiger partial charge is 0.300 e. The topological polar surface area (TPSA) is 68.3 Å². The van der Waals surface area contributed by atoms with Gasteiger partial charge in [-0.1, -0.05) is 75.9 Å². The molecule has 41 heavy (non-hydrogen) atoms. The molecule has 4 heteroatoms. The predicted octanol–water partition coefficient (Wildman–Crippen LogP) is 8.48. The first kappa shape index (κ1) is 31.1. The highest BCUT2D eigenvalue weighted by atomic mass is 16.1. The fraction of sp³-hybridized carbons (Fsp3) is 0.568. The Morgan fingerprint density at radius 2 is 1.71 bits per heavy atom. The zero-order chi connectivity index (χ0) is 29.5. The first-order valence-corrected chi connectivity index (χ1v) is 16.0. The quantitative estimate of drug-likeness (QED) is 0.219. The Kier molecular flexibility index (Phi) is 10.9. The van der Waals surface area contributed by atoms with Crippen LogP contribution in [0.1, 0.15) is 118 Å². The van der Waals surface area contributed by atoms with Crippen LogP contribution in [-0.4, -0.2) is 23.1 Å². The third kappa shape index (κ3) is 7.50. The van der Waals surface area contributed by atoms with Crippen LogP contribution in [0.3, 0.4) is 0 Å². The molecule has 0 spiro atoms. The molecular formula is C37H48O4. The number of carbonyl (C=O) groups excluding carboxylic acids is 4. The van der Waals surface area contributed by atoms with Gasteiger partial charge in [-0.25, -0.2) is 0 Å². The molecular weight excluding hydrogens is 508 g/mol. The van der Waals surface area contributed by atoms with E-state index in [2.05, 4.69) is 32.0 Å². The normalized spacial score (nSPS) is 18.6. The molecule has 2 aromatic rings. The molecule has 1 fully saturated rings. The summed E-state index contributed by atoms with van der Waals surface area (Å²) in [7, 11) is 0. The summed E-state index contributed by atoms with van der Waals surface area (Å²) >= 11 is 0. The maximum absolute atomic E-state index is 13.9. The number of carbonyl (C=O) groups is 4. The summed E-state index contributed by atoms with van der Waals surface area (Å²) < 4.78 is 0. The van der Waals surface area contributed by atoms with Crippen LogP contribution in [0.25, 0.3) is 11.1 Å². The Morgan fingerprint density at radius 1 is 1.00 bits per heavy atom. The molecule has 0 aromatic heterocycles. The van der Waals surface area contributed by atoms with Crippen molar-refractivity contribution in [2.24, 2.45) is 23.7 Å². The molecule has 0 saturated heterocycles. The van der Waals surface area contributed by atoms with E-state index in [9.17, 15) is 19.2 Å². The second kappa shape index (κ2) is 14.3. The highest BCUT2D eigenvalue weighted by Crippen LogP contribution is 2.41. The van der Waals surface area contributed by atoms with E-state index < -0.39 is 0 Å². The van der Waals surface area contributed by atoms with Gasteiger partial charge in [-0.15, -0.1) is 0 Å². The lowest BCUT2D eigenvalue weighted by Crippen LogP contribution is -2.30. The molecule has 3 unspecified atom stereocenters. The van der Waals surface area contributed by atoms with Crippen molar-refractivity contribution in [1.82, 2.24) is 0 Å². The van der Waals surface area contributed by atoms with Crippen LogP contribution in [0.2, 0.25) is 0 Å². The fourth-order valence-corrected chi connectivity index (χ4v) is 7.70. The standard InChI is InChI=1S/C37H48O4/c1-5-12-30(31(6-2)35(40)19-24(3)38)20-26-21-33-32(27-13-8-7-9-14-27)23-29(25(4)37(33)36(41)22-26)17-18-34(39)28-15-10-11-16-28/h7-9,13-14,23,26,28,30-31H,5-6,10-12,15-22H2,1-4H3. The van der Waals surface area contributed by atoms with E-state index in [0.717, 1.165) is 91.2 Å². The van der Waals surface area contributed by atoms with Crippen LogP contribution < -0.4 is 0 Å². The van der Waals surface area contributed by atoms with E-state index in [1.165, 1.54) is 6.92 Å². The summed E-state index contributed by atoms with van der Waals surface area (Å²) in [5.41, 5.74) is 6.35. The number of hydrogen-bond donors (Lipinski definition) is 0. The Labute approximate surface area is 246 Å². The van der Waals surface area contributed by atoms with Crippen LogP contribution in [0.15, 0.2) is 36.4 Å². The summed E-state index contributed by atoms with van der Waals surface area (Å²) in [6.07, 6.45) is 10.4. The Balaban J connectivity index is 1.64. The molecule has 0 N–H and O–H groups in total. The molecule has 0 radical (unpaired) electrons. The van der Waals surface area contributed by atoms with Gasteiger partial charge in [-0.3, -0.25) is 19.2 Å². The van der Waals surface area contributed by atoms with Gasteiger partial charge in [0.15, 0.2) is 5.78 Å². The zero-order valence-electron chi connectivity index (χ0n) is 25.6. The molecule has 0 bridgehead atoms. The van der Waals surface area contributed by atoms with E-state index in [4.69, 9.17) is 0 Å². The molecule has 220 valence electrons. The lowest BCUT2D eigenvalue weighted by molar-refractivity contribution is -0.130. The van der Waals surface area contributed by atoms with Crippen molar-refractivity contribution in [2.45, 2.75) is 111 Å². The molecule has 0 heterocycles. The third-order valence-corrected chi connectivity index (χ3v) is 9.73. The highest BCUT2D eigenvalue weighted by Gasteiger charge is 2.35. The van der Waals surface area contributed by atoms with Crippen LogP contribution in [0.4, 0.5) is 0 Å². The number of rotatable bonds is 14. The fourth-order valence-electron chi connectivity index (χ4n) is 7.70. The van der Waals surface area contributed by atoms with Gasteiger partial charge < -0.3 is 0 Å². The zero-order valence-corrected chi connectivity index (χ0v) is 25.6.